The highest BCUT2D eigenvalue weighted by Gasteiger charge is 2.18. The third-order valence-corrected chi connectivity index (χ3v) is 2.48. The number of H-pyrrole nitrogens is 1. The largest absolute Gasteiger partial charge is 0.348 e. The van der Waals surface area contributed by atoms with Crippen LogP contribution in [0, 0.1) is 21.7 Å². The molecule has 0 aliphatic heterocycles. The maximum Gasteiger partial charge on any atom is 0.305 e. The first-order chi connectivity index (χ1) is 9.08. The molecule has 2 N–H and O–H groups in total. The third kappa shape index (κ3) is 3.10. The average molecular weight is 268 g/mol. The first-order valence-corrected chi connectivity index (χ1v) is 5.39. The van der Waals surface area contributed by atoms with Crippen molar-refractivity contribution in [3.63, 3.8) is 0 Å². The predicted molar refractivity (Wildman–Crippen MR) is 62.1 cm³/mol. The first-order valence-electron chi connectivity index (χ1n) is 5.39. The highest BCUT2D eigenvalue weighted by Crippen LogP contribution is 2.21. The molecular formula is C11H10F2N4O2. The van der Waals surface area contributed by atoms with Crippen LogP contribution < -0.4 is 5.32 Å². The SMILES string of the molecule is O=[N+]([O-])c1cc(CNCc2ncc[nH]2)c(F)cc1F. The molecule has 1 aromatic carbocycles. The van der Waals surface area contributed by atoms with Crippen molar-refractivity contribution in [1.82, 2.24) is 15.3 Å². The minimum atomic E-state index is -1.18. The number of imidazole rings is 1. The first kappa shape index (κ1) is 13.1. The van der Waals surface area contributed by atoms with Gasteiger partial charge < -0.3 is 10.3 Å². The summed E-state index contributed by atoms with van der Waals surface area (Å²) in [7, 11) is 0. The number of rotatable bonds is 5. The summed E-state index contributed by atoms with van der Waals surface area (Å²) in [6, 6.07) is 1.40. The number of nitro benzene ring substituents is 1. The lowest BCUT2D eigenvalue weighted by Crippen LogP contribution is -2.15. The van der Waals surface area contributed by atoms with E-state index in [1.165, 1.54) is 0 Å². The molecule has 2 aromatic rings. The van der Waals surface area contributed by atoms with Gasteiger partial charge in [0, 0.05) is 36.6 Å². The zero-order valence-electron chi connectivity index (χ0n) is 9.69. The maximum absolute atomic E-state index is 13.4. The standard InChI is InChI=1S/C11H10F2N4O2/c12-8-4-9(13)10(17(18)19)3-7(8)5-14-6-11-15-1-2-16-11/h1-4,14H,5-6H2,(H,15,16). The third-order valence-electron chi connectivity index (χ3n) is 2.48. The van der Waals surface area contributed by atoms with Crippen LogP contribution in [0.5, 0.6) is 0 Å². The Morgan fingerprint density at radius 3 is 2.74 bits per heavy atom. The molecule has 0 atom stereocenters. The van der Waals surface area contributed by atoms with E-state index >= 15 is 0 Å². The summed E-state index contributed by atoms with van der Waals surface area (Å²) < 4.78 is 26.5. The summed E-state index contributed by atoms with van der Waals surface area (Å²) in [5.74, 6) is -1.36. The second kappa shape index (κ2) is 5.53. The van der Waals surface area contributed by atoms with Crippen molar-refractivity contribution >= 4 is 5.69 Å². The number of hydrogen-bond acceptors (Lipinski definition) is 4. The molecular weight excluding hydrogens is 258 g/mol. The van der Waals surface area contributed by atoms with Crippen molar-refractivity contribution < 1.29 is 13.7 Å². The van der Waals surface area contributed by atoms with Crippen LogP contribution in [0.1, 0.15) is 11.4 Å². The van der Waals surface area contributed by atoms with Crippen molar-refractivity contribution in [1.29, 1.82) is 0 Å². The molecule has 0 unspecified atom stereocenters. The van der Waals surface area contributed by atoms with E-state index in [1.54, 1.807) is 12.4 Å². The molecule has 0 fully saturated rings. The van der Waals surface area contributed by atoms with Crippen LogP contribution in [0.25, 0.3) is 0 Å². The smallest absolute Gasteiger partial charge is 0.305 e. The van der Waals surface area contributed by atoms with Crippen LogP contribution >= 0.6 is 0 Å². The summed E-state index contributed by atoms with van der Waals surface area (Å²) in [6.45, 7) is 0.380. The number of nitro groups is 1. The van der Waals surface area contributed by atoms with Gasteiger partial charge in [0.15, 0.2) is 0 Å². The van der Waals surface area contributed by atoms with Gasteiger partial charge in [-0.15, -0.1) is 0 Å². The molecule has 0 saturated carbocycles. The topological polar surface area (TPSA) is 83.8 Å². The number of nitrogens with zero attached hydrogens (tertiary/aromatic N) is 2. The quantitative estimate of drug-likeness (QED) is 0.640. The normalized spacial score (nSPS) is 10.6. The monoisotopic (exact) mass is 268 g/mol. The molecule has 2 rings (SSSR count). The van der Waals surface area contributed by atoms with Crippen LogP contribution in [-0.2, 0) is 13.1 Å². The molecule has 1 aromatic heterocycles. The molecule has 1 heterocycles. The highest BCUT2D eigenvalue weighted by atomic mass is 19.1. The molecule has 100 valence electrons. The van der Waals surface area contributed by atoms with Gasteiger partial charge in [0.05, 0.1) is 11.5 Å². The predicted octanol–water partition coefficient (Wildman–Crippen LogP) is 1.89. The summed E-state index contributed by atoms with van der Waals surface area (Å²) in [4.78, 5) is 16.5. The van der Waals surface area contributed by atoms with Crippen LogP contribution in [0.4, 0.5) is 14.5 Å². The number of halogens is 2. The van der Waals surface area contributed by atoms with Gasteiger partial charge >= 0.3 is 5.69 Å². The Morgan fingerprint density at radius 2 is 2.11 bits per heavy atom. The molecule has 6 nitrogen and oxygen atoms in total. The van der Waals surface area contributed by atoms with E-state index in [9.17, 15) is 18.9 Å². The Labute approximate surface area is 106 Å². The lowest BCUT2D eigenvalue weighted by atomic mass is 10.2. The van der Waals surface area contributed by atoms with E-state index in [1.807, 2.05) is 0 Å². The van der Waals surface area contributed by atoms with Gasteiger partial charge in [-0.25, -0.2) is 9.37 Å². The molecule has 0 aliphatic rings. The number of aromatic nitrogens is 2. The van der Waals surface area contributed by atoms with Crippen molar-refractivity contribution in [2.75, 3.05) is 0 Å². The van der Waals surface area contributed by atoms with Crippen LogP contribution in [-0.4, -0.2) is 14.9 Å². The molecule has 0 saturated heterocycles. The fraction of sp³-hybridized carbons (Fsp3) is 0.182. The zero-order valence-corrected chi connectivity index (χ0v) is 9.69. The molecule has 0 bridgehead atoms. The second-order valence-electron chi connectivity index (χ2n) is 3.79. The van der Waals surface area contributed by atoms with E-state index in [4.69, 9.17) is 0 Å². The molecule has 8 heteroatoms. The Balaban J connectivity index is 2.07. The van der Waals surface area contributed by atoms with Crippen LogP contribution in [0.2, 0.25) is 0 Å². The van der Waals surface area contributed by atoms with Gasteiger partial charge in [-0.2, -0.15) is 4.39 Å². The Bertz CT molecular complexity index is 587. The Morgan fingerprint density at radius 1 is 1.32 bits per heavy atom. The van der Waals surface area contributed by atoms with Crippen molar-refractivity contribution in [2.24, 2.45) is 0 Å². The molecule has 0 radical (unpaired) electrons. The highest BCUT2D eigenvalue weighted by molar-refractivity contribution is 5.37. The maximum atomic E-state index is 13.4. The molecule has 0 aliphatic carbocycles. The number of hydrogen-bond donors (Lipinski definition) is 2. The molecule has 0 spiro atoms. The van der Waals surface area contributed by atoms with E-state index in [2.05, 4.69) is 15.3 Å². The fourth-order valence-electron chi connectivity index (χ4n) is 1.57. The van der Waals surface area contributed by atoms with Gasteiger partial charge in [-0.1, -0.05) is 0 Å². The minimum Gasteiger partial charge on any atom is -0.348 e. The number of aromatic amines is 1. The van der Waals surface area contributed by atoms with Crippen molar-refractivity contribution in [3.05, 3.63) is 57.7 Å². The van der Waals surface area contributed by atoms with E-state index in [-0.39, 0.29) is 12.1 Å². The summed E-state index contributed by atoms with van der Waals surface area (Å²) in [6.07, 6.45) is 3.21. The van der Waals surface area contributed by atoms with Crippen molar-refractivity contribution in [3.8, 4) is 0 Å². The van der Waals surface area contributed by atoms with Crippen molar-refractivity contribution in [2.45, 2.75) is 13.1 Å². The minimum absolute atomic E-state index is 0.0275. The summed E-state index contributed by atoms with van der Waals surface area (Å²) >= 11 is 0. The van der Waals surface area contributed by atoms with E-state index in [0.717, 1.165) is 6.07 Å². The second-order valence-corrected chi connectivity index (χ2v) is 3.79. The Kier molecular flexibility index (Phi) is 3.81. The zero-order chi connectivity index (χ0) is 13.8. The molecule has 19 heavy (non-hydrogen) atoms. The average Bonchev–Trinajstić information content (AvgIpc) is 2.84. The van der Waals surface area contributed by atoms with E-state index < -0.39 is 22.2 Å². The van der Waals surface area contributed by atoms with Crippen LogP contribution in [0.15, 0.2) is 24.5 Å². The summed E-state index contributed by atoms with van der Waals surface area (Å²) in [5, 5.41) is 13.4. The van der Waals surface area contributed by atoms with Gasteiger partial charge in [-0.05, 0) is 0 Å². The van der Waals surface area contributed by atoms with Crippen LogP contribution in [0.3, 0.4) is 0 Å². The molecule has 0 amide bonds. The van der Waals surface area contributed by atoms with E-state index in [0.29, 0.717) is 18.4 Å². The number of benzene rings is 1. The number of nitrogens with one attached hydrogen (secondary N) is 2. The van der Waals surface area contributed by atoms with Gasteiger partial charge in [0.25, 0.3) is 0 Å². The lowest BCUT2D eigenvalue weighted by molar-refractivity contribution is -0.387. The fourth-order valence-corrected chi connectivity index (χ4v) is 1.57. The summed E-state index contributed by atoms with van der Waals surface area (Å²) in [5.41, 5.74) is -0.712. The van der Waals surface area contributed by atoms with Gasteiger partial charge in [0.1, 0.15) is 11.6 Å². The van der Waals surface area contributed by atoms with Gasteiger partial charge in [0.2, 0.25) is 5.82 Å². The lowest BCUT2D eigenvalue weighted by Gasteiger charge is -2.05. The van der Waals surface area contributed by atoms with Gasteiger partial charge in [-0.3, -0.25) is 10.1 Å². The Hall–Kier alpha value is -2.35.